The Hall–Kier alpha value is -1.10. The van der Waals surface area contributed by atoms with Crippen molar-refractivity contribution < 1.29 is 14.3 Å². The molecule has 19 heavy (non-hydrogen) atoms. The highest BCUT2D eigenvalue weighted by atomic mass is 16.5. The van der Waals surface area contributed by atoms with E-state index in [1.807, 2.05) is 25.9 Å². The maximum atomic E-state index is 12.5. The summed E-state index contributed by atoms with van der Waals surface area (Å²) in [4.78, 5) is 28.0. The lowest BCUT2D eigenvalue weighted by molar-refractivity contribution is -0.159. The van der Waals surface area contributed by atoms with Crippen LogP contribution in [0.3, 0.4) is 0 Å². The van der Waals surface area contributed by atoms with Crippen molar-refractivity contribution in [2.45, 2.75) is 27.7 Å². The first kappa shape index (κ1) is 17.9. The number of esters is 1. The highest BCUT2D eigenvalue weighted by Gasteiger charge is 2.40. The number of rotatable bonds is 7. The molecule has 0 saturated carbocycles. The molecule has 0 aliphatic carbocycles. The van der Waals surface area contributed by atoms with E-state index in [0.717, 1.165) is 6.54 Å². The van der Waals surface area contributed by atoms with Crippen molar-refractivity contribution in [1.29, 1.82) is 0 Å². The van der Waals surface area contributed by atoms with Crippen molar-refractivity contribution in [2.75, 3.05) is 40.8 Å². The molecule has 0 heterocycles. The molecule has 5 nitrogen and oxygen atoms in total. The molecule has 0 rings (SSSR count). The van der Waals surface area contributed by atoms with Gasteiger partial charge in [-0.15, -0.1) is 0 Å². The van der Waals surface area contributed by atoms with Crippen molar-refractivity contribution in [3.8, 4) is 0 Å². The van der Waals surface area contributed by atoms with Gasteiger partial charge >= 0.3 is 5.97 Å². The molecule has 1 amide bonds. The van der Waals surface area contributed by atoms with Gasteiger partial charge in [0.15, 0.2) is 0 Å². The molecular formula is C14H28N2O3. The summed E-state index contributed by atoms with van der Waals surface area (Å²) >= 11 is 0. The van der Waals surface area contributed by atoms with Gasteiger partial charge in [-0.2, -0.15) is 0 Å². The predicted molar refractivity (Wildman–Crippen MR) is 75.8 cm³/mol. The van der Waals surface area contributed by atoms with Crippen LogP contribution in [0, 0.1) is 11.3 Å². The van der Waals surface area contributed by atoms with Crippen LogP contribution in [0.15, 0.2) is 0 Å². The molecule has 5 heteroatoms. The lowest BCUT2D eigenvalue weighted by Crippen LogP contribution is -2.46. The maximum absolute atomic E-state index is 12.5. The fourth-order valence-electron chi connectivity index (χ4n) is 1.77. The SMILES string of the molecule is CCN(CCN(C)C)C(=O)C(C)C(C)(C)C(=O)OC. The Kier molecular flexibility index (Phi) is 7.05. The summed E-state index contributed by atoms with van der Waals surface area (Å²) in [5, 5.41) is 0. The average molecular weight is 272 g/mol. The zero-order valence-electron chi connectivity index (χ0n) is 13.3. The molecule has 0 spiro atoms. The second-order valence-electron chi connectivity index (χ2n) is 5.66. The first-order chi connectivity index (χ1) is 8.68. The standard InChI is InChI=1S/C14H28N2O3/c1-8-16(10-9-15(5)6)12(17)11(2)14(3,4)13(18)19-7/h11H,8-10H2,1-7H3. The molecule has 0 aliphatic rings. The number of ether oxygens (including phenoxy) is 1. The Morgan fingerprint density at radius 3 is 2.11 bits per heavy atom. The van der Waals surface area contributed by atoms with Crippen LogP contribution in [0.1, 0.15) is 27.7 Å². The largest absolute Gasteiger partial charge is 0.469 e. The van der Waals surface area contributed by atoms with Gasteiger partial charge in [0.25, 0.3) is 0 Å². The van der Waals surface area contributed by atoms with Crippen LogP contribution in [0.2, 0.25) is 0 Å². The number of carbonyl (C=O) groups excluding carboxylic acids is 2. The predicted octanol–water partition coefficient (Wildman–Crippen LogP) is 1.23. The highest BCUT2D eigenvalue weighted by Crippen LogP contribution is 2.29. The number of amides is 1. The minimum absolute atomic E-state index is 0.000231. The lowest BCUT2D eigenvalue weighted by atomic mass is 9.79. The normalized spacial score (nSPS) is 13.3. The van der Waals surface area contributed by atoms with Gasteiger partial charge in [-0.05, 0) is 34.9 Å². The fourth-order valence-corrected chi connectivity index (χ4v) is 1.77. The van der Waals surface area contributed by atoms with Crippen LogP contribution in [0.4, 0.5) is 0 Å². The monoisotopic (exact) mass is 272 g/mol. The number of carbonyl (C=O) groups is 2. The van der Waals surface area contributed by atoms with E-state index in [1.165, 1.54) is 7.11 Å². The smallest absolute Gasteiger partial charge is 0.312 e. The Labute approximate surface area is 116 Å². The molecule has 0 aliphatic heterocycles. The Morgan fingerprint density at radius 2 is 1.74 bits per heavy atom. The van der Waals surface area contributed by atoms with Crippen molar-refractivity contribution >= 4 is 11.9 Å². The Bertz CT molecular complexity index is 314. The van der Waals surface area contributed by atoms with E-state index >= 15 is 0 Å². The third kappa shape index (κ3) is 4.82. The Balaban J connectivity index is 4.81. The van der Waals surface area contributed by atoms with Gasteiger partial charge in [0.1, 0.15) is 0 Å². The topological polar surface area (TPSA) is 49.9 Å². The fraction of sp³-hybridized carbons (Fsp3) is 0.857. The van der Waals surface area contributed by atoms with Crippen molar-refractivity contribution in [3.05, 3.63) is 0 Å². The molecule has 0 fully saturated rings. The van der Waals surface area contributed by atoms with Crippen LogP contribution in [-0.2, 0) is 14.3 Å². The Morgan fingerprint density at radius 1 is 1.21 bits per heavy atom. The third-order valence-corrected chi connectivity index (χ3v) is 3.67. The van der Waals surface area contributed by atoms with E-state index in [4.69, 9.17) is 4.74 Å². The number of hydrogen-bond acceptors (Lipinski definition) is 4. The molecule has 0 N–H and O–H groups in total. The summed E-state index contributed by atoms with van der Waals surface area (Å²) in [6, 6.07) is 0. The number of likely N-dealkylation sites (N-methyl/N-ethyl adjacent to an activating group) is 2. The van der Waals surface area contributed by atoms with Gasteiger partial charge in [-0.25, -0.2) is 0 Å². The molecule has 0 aromatic carbocycles. The first-order valence-corrected chi connectivity index (χ1v) is 6.70. The van der Waals surface area contributed by atoms with E-state index in [0.29, 0.717) is 13.1 Å². The summed E-state index contributed by atoms with van der Waals surface area (Å²) in [5.41, 5.74) is -0.808. The second-order valence-corrected chi connectivity index (χ2v) is 5.66. The molecule has 112 valence electrons. The summed E-state index contributed by atoms with van der Waals surface area (Å²) in [5.74, 6) is -0.751. The van der Waals surface area contributed by atoms with E-state index in [2.05, 4.69) is 0 Å². The van der Waals surface area contributed by atoms with Crippen LogP contribution in [0.5, 0.6) is 0 Å². The zero-order chi connectivity index (χ0) is 15.2. The number of methoxy groups -OCH3 is 1. The van der Waals surface area contributed by atoms with Crippen molar-refractivity contribution in [3.63, 3.8) is 0 Å². The molecule has 1 atom stereocenters. The quantitative estimate of drug-likeness (QED) is 0.654. The van der Waals surface area contributed by atoms with Gasteiger partial charge in [0.05, 0.1) is 18.4 Å². The van der Waals surface area contributed by atoms with Crippen LogP contribution >= 0.6 is 0 Å². The van der Waals surface area contributed by atoms with Crippen LogP contribution in [0.25, 0.3) is 0 Å². The summed E-state index contributed by atoms with van der Waals surface area (Å²) in [7, 11) is 5.30. The zero-order valence-corrected chi connectivity index (χ0v) is 13.3. The summed E-state index contributed by atoms with van der Waals surface area (Å²) in [6.45, 7) is 9.37. The third-order valence-electron chi connectivity index (χ3n) is 3.67. The first-order valence-electron chi connectivity index (χ1n) is 6.70. The van der Waals surface area contributed by atoms with Crippen LogP contribution < -0.4 is 0 Å². The summed E-state index contributed by atoms with van der Waals surface area (Å²) < 4.78 is 4.78. The van der Waals surface area contributed by atoms with Gasteiger partial charge in [-0.1, -0.05) is 6.92 Å². The maximum Gasteiger partial charge on any atom is 0.312 e. The average Bonchev–Trinajstić information content (AvgIpc) is 2.36. The second kappa shape index (κ2) is 7.48. The molecule has 0 aromatic heterocycles. The molecule has 0 bridgehead atoms. The minimum atomic E-state index is -0.808. The van der Waals surface area contributed by atoms with Gasteiger partial charge < -0.3 is 14.5 Å². The molecule has 0 aromatic rings. The summed E-state index contributed by atoms with van der Waals surface area (Å²) in [6.07, 6.45) is 0. The van der Waals surface area contributed by atoms with Crippen LogP contribution in [-0.4, -0.2) is 62.5 Å². The molecule has 0 saturated heterocycles. The molecular weight excluding hydrogens is 244 g/mol. The van der Waals surface area contributed by atoms with Gasteiger partial charge in [0, 0.05) is 19.6 Å². The van der Waals surface area contributed by atoms with E-state index in [-0.39, 0.29) is 11.9 Å². The van der Waals surface area contributed by atoms with E-state index in [9.17, 15) is 9.59 Å². The highest BCUT2D eigenvalue weighted by molar-refractivity contribution is 5.87. The number of hydrogen-bond donors (Lipinski definition) is 0. The van der Waals surface area contributed by atoms with Crippen molar-refractivity contribution in [2.24, 2.45) is 11.3 Å². The van der Waals surface area contributed by atoms with Gasteiger partial charge in [-0.3, -0.25) is 9.59 Å². The minimum Gasteiger partial charge on any atom is -0.469 e. The number of nitrogens with zero attached hydrogens (tertiary/aromatic N) is 2. The van der Waals surface area contributed by atoms with Crippen molar-refractivity contribution in [1.82, 2.24) is 9.80 Å². The van der Waals surface area contributed by atoms with Gasteiger partial charge in [0.2, 0.25) is 5.91 Å². The molecule has 0 radical (unpaired) electrons. The van der Waals surface area contributed by atoms with E-state index < -0.39 is 11.3 Å². The lowest BCUT2D eigenvalue weighted by Gasteiger charge is -2.32. The van der Waals surface area contributed by atoms with E-state index in [1.54, 1.807) is 25.7 Å². The molecule has 1 unspecified atom stereocenters.